The summed E-state index contributed by atoms with van der Waals surface area (Å²) in [5.41, 5.74) is 0. The van der Waals surface area contributed by atoms with E-state index in [-0.39, 0.29) is 44.3 Å². The van der Waals surface area contributed by atoms with Crippen LogP contribution in [0.25, 0.3) is 0 Å². The summed E-state index contributed by atoms with van der Waals surface area (Å²) in [6, 6.07) is -1.01. The second-order valence-electron chi connectivity index (χ2n) is 22.4. The van der Waals surface area contributed by atoms with Crippen LogP contribution >= 0.6 is 0 Å². The van der Waals surface area contributed by atoms with Crippen LogP contribution in [0.5, 0.6) is 0 Å². The van der Waals surface area contributed by atoms with Gasteiger partial charge in [0.05, 0.1) is 25.4 Å². The summed E-state index contributed by atoms with van der Waals surface area (Å²) < 4.78 is 17.6. The Morgan fingerprint density at radius 2 is 0.893 bits per heavy atom. The topological polar surface area (TPSA) is 224 Å². The van der Waals surface area contributed by atoms with Crippen LogP contribution in [0.1, 0.15) is 296 Å². The number of amides is 2. The van der Waals surface area contributed by atoms with Crippen LogP contribution in [0.2, 0.25) is 0 Å². The molecule has 0 aromatic carbocycles. The fraction of sp³-hybridized carbons (Fsp3) is 0.951. The van der Waals surface area contributed by atoms with Crippen molar-refractivity contribution in [1.29, 1.82) is 0 Å². The number of aliphatic carboxylic acids is 1. The molecule has 0 bridgehead atoms. The molecule has 1 heterocycles. The Hall–Kier alpha value is -1.91. The zero-order valence-electron chi connectivity index (χ0n) is 48.2. The molecule has 14 heteroatoms. The van der Waals surface area contributed by atoms with E-state index in [2.05, 4.69) is 24.5 Å². The molecule has 0 saturated carbocycles. The number of hydrogen-bond acceptors (Lipinski definition) is 11. The molecule has 75 heavy (non-hydrogen) atoms. The molecular weight excluding hydrogens is 953 g/mol. The largest absolute Gasteiger partial charge is 0.481 e. The van der Waals surface area contributed by atoms with Crippen molar-refractivity contribution >= 4 is 17.8 Å². The smallest absolute Gasteiger partial charge is 0.303 e. The number of aliphatic hydroxyl groups is 5. The Morgan fingerprint density at radius 1 is 0.480 bits per heavy atom. The number of hydrogen-bond donors (Lipinski definition) is 8. The Morgan fingerprint density at radius 3 is 1.36 bits per heavy atom. The van der Waals surface area contributed by atoms with Crippen LogP contribution in [0.3, 0.4) is 0 Å². The van der Waals surface area contributed by atoms with Gasteiger partial charge >= 0.3 is 5.97 Å². The van der Waals surface area contributed by atoms with Crippen molar-refractivity contribution in [3.05, 3.63) is 0 Å². The minimum atomic E-state index is -1.61. The van der Waals surface area contributed by atoms with Gasteiger partial charge in [0.25, 0.3) is 0 Å². The highest BCUT2D eigenvalue weighted by Crippen LogP contribution is 2.24. The average molecular weight is 1070 g/mol. The predicted octanol–water partition coefficient (Wildman–Crippen LogP) is 12.4. The molecule has 0 spiro atoms. The van der Waals surface area contributed by atoms with Crippen LogP contribution in [0.4, 0.5) is 0 Å². The molecule has 14 nitrogen and oxygen atoms in total. The van der Waals surface area contributed by atoms with Crippen molar-refractivity contribution in [1.82, 2.24) is 10.6 Å². The first kappa shape index (κ1) is 71.1. The molecule has 1 aliphatic rings. The highest BCUT2D eigenvalue weighted by atomic mass is 16.7. The monoisotopic (exact) mass is 1070 g/mol. The van der Waals surface area contributed by atoms with E-state index in [9.17, 15) is 39.9 Å². The summed E-state index contributed by atoms with van der Waals surface area (Å²) in [6.45, 7) is 5.01. The zero-order chi connectivity index (χ0) is 54.8. The van der Waals surface area contributed by atoms with Gasteiger partial charge in [0.1, 0.15) is 30.5 Å². The third kappa shape index (κ3) is 41.8. The number of ether oxygens (including phenoxy) is 3. The quantitative estimate of drug-likeness (QED) is 0.0266. The summed E-state index contributed by atoms with van der Waals surface area (Å²) in [5, 5.41) is 69.3. The summed E-state index contributed by atoms with van der Waals surface area (Å²) in [6.07, 6.45) is 38.9. The maximum Gasteiger partial charge on any atom is 0.303 e. The molecule has 1 rings (SSSR count). The molecular formula is C61H118N2O12. The molecule has 0 radical (unpaired) electrons. The Labute approximate surface area is 457 Å². The third-order valence-corrected chi connectivity index (χ3v) is 15.2. The number of carboxylic acid groups (broad SMARTS) is 1. The Bertz CT molecular complexity index is 1300. The lowest BCUT2D eigenvalue weighted by molar-refractivity contribution is -0.304. The van der Waals surface area contributed by atoms with Crippen molar-refractivity contribution in [2.24, 2.45) is 0 Å². The summed E-state index contributed by atoms with van der Waals surface area (Å²) in [7, 11) is 0. The molecule has 2 amide bonds. The number of aliphatic hydroxyl groups excluding tert-OH is 5. The molecule has 8 N–H and O–H groups in total. The van der Waals surface area contributed by atoms with Crippen LogP contribution < -0.4 is 10.6 Å². The number of carboxylic acids is 1. The molecule has 444 valence electrons. The van der Waals surface area contributed by atoms with Gasteiger partial charge in [-0.25, -0.2) is 0 Å². The van der Waals surface area contributed by atoms with Crippen molar-refractivity contribution in [3.63, 3.8) is 0 Å². The molecule has 1 aliphatic heterocycles. The van der Waals surface area contributed by atoms with Gasteiger partial charge in [-0.15, -0.1) is 0 Å². The SMILES string of the molecule is CCCCCCCCCCCCCCCCCCCCCCCCCC(=O)N[C@@H](CO[C@H]1O[C@H](COCCCCCCNC(=O)CCCC(=O)O)[C@@H](O)[C@H](O)[C@H]1O)[C@H](O)[C@H](O)CCCCCCCCCCCCCC. The van der Waals surface area contributed by atoms with E-state index in [1.165, 1.54) is 173 Å². The molecule has 0 aromatic heterocycles. The van der Waals surface area contributed by atoms with Crippen LogP contribution in [0.15, 0.2) is 0 Å². The van der Waals surface area contributed by atoms with Gasteiger partial charge in [-0.05, 0) is 32.1 Å². The minimum Gasteiger partial charge on any atom is -0.481 e. The first-order chi connectivity index (χ1) is 36.5. The summed E-state index contributed by atoms with van der Waals surface area (Å²) in [5.74, 6) is -1.33. The Balaban J connectivity index is 2.47. The van der Waals surface area contributed by atoms with Crippen molar-refractivity contribution < 1.29 is 59.2 Å². The van der Waals surface area contributed by atoms with Crippen molar-refractivity contribution in [3.8, 4) is 0 Å². The van der Waals surface area contributed by atoms with E-state index < -0.39 is 54.9 Å². The molecule has 1 fully saturated rings. The van der Waals surface area contributed by atoms with Gasteiger partial charge in [0, 0.05) is 32.4 Å². The maximum absolute atomic E-state index is 13.3. The van der Waals surface area contributed by atoms with Gasteiger partial charge in [-0.3, -0.25) is 14.4 Å². The van der Waals surface area contributed by atoms with E-state index in [0.29, 0.717) is 38.8 Å². The number of carbonyl (C=O) groups is 3. The van der Waals surface area contributed by atoms with Crippen LogP contribution in [-0.2, 0) is 28.6 Å². The second-order valence-corrected chi connectivity index (χ2v) is 22.4. The van der Waals surface area contributed by atoms with Crippen LogP contribution in [-0.4, -0.2) is 124 Å². The molecule has 1 saturated heterocycles. The maximum atomic E-state index is 13.3. The van der Waals surface area contributed by atoms with E-state index in [0.717, 1.165) is 64.2 Å². The van der Waals surface area contributed by atoms with Crippen LogP contribution in [0, 0.1) is 0 Å². The lowest BCUT2D eigenvalue weighted by atomic mass is 9.98. The van der Waals surface area contributed by atoms with Gasteiger partial charge in [-0.1, -0.05) is 245 Å². The number of unbranched alkanes of at least 4 members (excludes halogenated alkanes) is 36. The fourth-order valence-electron chi connectivity index (χ4n) is 10.2. The van der Waals surface area contributed by atoms with E-state index in [1.54, 1.807) is 0 Å². The molecule has 0 aromatic rings. The van der Waals surface area contributed by atoms with E-state index in [4.69, 9.17) is 19.3 Å². The normalized spacial score (nSPS) is 19.0. The van der Waals surface area contributed by atoms with Gasteiger partial charge in [0.2, 0.25) is 11.8 Å². The molecule has 0 aliphatic carbocycles. The lowest BCUT2D eigenvalue weighted by Crippen LogP contribution is -2.60. The third-order valence-electron chi connectivity index (χ3n) is 15.2. The summed E-state index contributed by atoms with van der Waals surface area (Å²) in [4.78, 5) is 35.8. The standard InChI is InChI=1S/C61H118N2O12/c1-3-5-7-9-11-13-15-17-18-19-20-21-22-23-24-25-26-27-29-31-33-35-39-44-55(66)63-51(57(69)52(64)43-38-34-32-30-28-16-14-12-10-8-6-4-2)49-74-61-60(72)59(71)58(70)53(75-61)50-73-48-41-37-36-40-47-62-54(65)45-42-46-56(67)68/h51-53,57-61,64,69-72H,3-50H2,1-2H3,(H,62,65)(H,63,66)(H,67,68)/t51-,52+,53+,57-,58+,59-,60+,61-/m0/s1. The van der Waals surface area contributed by atoms with E-state index in [1.807, 2.05) is 0 Å². The number of carbonyl (C=O) groups excluding carboxylic acids is 2. The first-order valence-corrected chi connectivity index (χ1v) is 31.5. The highest BCUT2D eigenvalue weighted by Gasteiger charge is 2.45. The molecule has 8 atom stereocenters. The average Bonchev–Trinajstić information content (AvgIpc) is 3.39. The lowest BCUT2D eigenvalue weighted by Gasteiger charge is -2.40. The fourth-order valence-corrected chi connectivity index (χ4v) is 10.2. The number of rotatable bonds is 56. The first-order valence-electron chi connectivity index (χ1n) is 31.5. The highest BCUT2D eigenvalue weighted by molar-refractivity contribution is 5.77. The van der Waals surface area contributed by atoms with Crippen molar-refractivity contribution in [2.45, 2.75) is 345 Å². The summed E-state index contributed by atoms with van der Waals surface area (Å²) >= 11 is 0. The van der Waals surface area contributed by atoms with Gasteiger partial charge < -0.3 is 55.5 Å². The molecule has 0 unspecified atom stereocenters. The second kappa shape index (κ2) is 51.5. The van der Waals surface area contributed by atoms with E-state index >= 15 is 0 Å². The Kier molecular flexibility index (Phi) is 48.8. The van der Waals surface area contributed by atoms with Crippen molar-refractivity contribution in [2.75, 3.05) is 26.4 Å². The predicted molar refractivity (Wildman–Crippen MR) is 303 cm³/mol. The minimum absolute atomic E-state index is 0.0296. The van der Waals surface area contributed by atoms with Gasteiger partial charge in [0.15, 0.2) is 6.29 Å². The zero-order valence-corrected chi connectivity index (χ0v) is 48.2. The number of nitrogens with one attached hydrogen (secondary N) is 2. The van der Waals surface area contributed by atoms with Gasteiger partial charge in [-0.2, -0.15) is 0 Å².